The zero-order chi connectivity index (χ0) is 15.4. The lowest BCUT2D eigenvalue weighted by Gasteiger charge is -2.21. The van der Waals surface area contributed by atoms with E-state index in [0.29, 0.717) is 11.6 Å². The van der Waals surface area contributed by atoms with E-state index in [0.717, 1.165) is 11.1 Å². The Morgan fingerprint density at radius 3 is 2.81 bits per heavy atom. The molecule has 0 bridgehead atoms. The molecule has 1 atom stereocenters. The highest BCUT2D eigenvalue weighted by Crippen LogP contribution is 2.22. The molecule has 1 heterocycles. The van der Waals surface area contributed by atoms with Crippen LogP contribution in [0, 0.1) is 0 Å². The SMILES string of the molecule is CC(NC(=O)N(C)Cc1cnn(C)c1)c1ccccc1Cl. The standard InChI is InChI=1S/C15H19ClN4O/c1-11(13-6-4-5-7-14(13)16)18-15(21)19(2)9-12-8-17-20(3)10-12/h4-8,10-11H,9H2,1-3H3,(H,18,21). The highest BCUT2D eigenvalue weighted by atomic mass is 35.5. The van der Waals surface area contributed by atoms with E-state index >= 15 is 0 Å². The first-order valence-corrected chi connectivity index (χ1v) is 7.08. The summed E-state index contributed by atoms with van der Waals surface area (Å²) in [6.45, 7) is 2.42. The fraction of sp³-hybridized carbons (Fsp3) is 0.333. The maximum atomic E-state index is 12.2. The van der Waals surface area contributed by atoms with E-state index in [1.807, 2.05) is 44.4 Å². The Labute approximate surface area is 129 Å². The summed E-state index contributed by atoms with van der Waals surface area (Å²) in [7, 11) is 3.60. The molecule has 0 fully saturated rings. The van der Waals surface area contributed by atoms with Gasteiger partial charge >= 0.3 is 6.03 Å². The predicted molar refractivity (Wildman–Crippen MR) is 83.1 cm³/mol. The van der Waals surface area contributed by atoms with Crippen LogP contribution in [-0.2, 0) is 13.6 Å². The largest absolute Gasteiger partial charge is 0.331 e. The van der Waals surface area contributed by atoms with E-state index in [-0.39, 0.29) is 12.1 Å². The number of carbonyl (C=O) groups excluding carboxylic acids is 1. The monoisotopic (exact) mass is 306 g/mol. The van der Waals surface area contributed by atoms with Gasteiger partial charge in [-0.05, 0) is 18.6 Å². The van der Waals surface area contributed by atoms with Gasteiger partial charge in [0.2, 0.25) is 0 Å². The molecule has 112 valence electrons. The topological polar surface area (TPSA) is 50.2 Å². The zero-order valence-corrected chi connectivity index (χ0v) is 13.1. The molecular formula is C15H19ClN4O. The fourth-order valence-corrected chi connectivity index (χ4v) is 2.40. The number of urea groups is 1. The van der Waals surface area contributed by atoms with Crippen molar-refractivity contribution in [3.05, 3.63) is 52.8 Å². The minimum Gasteiger partial charge on any atom is -0.331 e. The first-order chi connectivity index (χ1) is 9.97. The smallest absolute Gasteiger partial charge is 0.317 e. The molecule has 1 N–H and O–H groups in total. The zero-order valence-electron chi connectivity index (χ0n) is 12.4. The van der Waals surface area contributed by atoms with Crippen LogP contribution in [0.15, 0.2) is 36.7 Å². The maximum absolute atomic E-state index is 12.2. The lowest BCUT2D eigenvalue weighted by atomic mass is 10.1. The van der Waals surface area contributed by atoms with Gasteiger partial charge in [0, 0.05) is 30.9 Å². The highest BCUT2D eigenvalue weighted by Gasteiger charge is 2.15. The predicted octanol–water partition coefficient (Wildman–Crippen LogP) is 2.98. The first-order valence-electron chi connectivity index (χ1n) is 6.71. The van der Waals surface area contributed by atoms with Crippen molar-refractivity contribution in [1.82, 2.24) is 20.0 Å². The molecule has 6 heteroatoms. The summed E-state index contributed by atoms with van der Waals surface area (Å²) >= 11 is 6.14. The Hall–Kier alpha value is -2.01. The summed E-state index contributed by atoms with van der Waals surface area (Å²) in [6, 6.07) is 7.21. The van der Waals surface area contributed by atoms with Crippen LogP contribution < -0.4 is 5.32 Å². The Bertz CT molecular complexity index is 626. The summed E-state index contributed by atoms with van der Waals surface area (Å²) in [5.41, 5.74) is 1.89. The first kappa shape index (κ1) is 15.4. The van der Waals surface area contributed by atoms with Crippen molar-refractivity contribution < 1.29 is 4.79 Å². The van der Waals surface area contributed by atoms with Crippen LogP contribution in [0.25, 0.3) is 0 Å². The minimum absolute atomic E-state index is 0.147. The number of aryl methyl sites for hydroxylation is 1. The number of hydrogen-bond donors (Lipinski definition) is 1. The second-order valence-electron chi connectivity index (χ2n) is 5.07. The van der Waals surface area contributed by atoms with Crippen LogP contribution in [0.4, 0.5) is 4.79 Å². The van der Waals surface area contributed by atoms with E-state index in [2.05, 4.69) is 10.4 Å². The molecule has 0 aliphatic rings. The summed E-state index contributed by atoms with van der Waals surface area (Å²) < 4.78 is 1.72. The van der Waals surface area contributed by atoms with Crippen molar-refractivity contribution in [1.29, 1.82) is 0 Å². The van der Waals surface area contributed by atoms with Gasteiger partial charge in [-0.3, -0.25) is 4.68 Å². The number of hydrogen-bond acceptors (Lipinski definition) is 2. The Kier molecular flexibility index (Phi) is 4.85. The third kappa shape index (κ3) is 3.98. The van der Waals surface area contributed by atoms with E-state index in [4.69, 9.17) is 11.6 Å². The van der Waals surface area contributed by atoms with Crippen LogP contribution in [0.2, 0.25) is 5.02 Å². The molecule has 0 saturated heterocycles. The van der Waals surface area contributed by atoms with Gasteiger partial charge in [-0.2, -0.15) is 5.10 Å². The second-order valence-corrected chi connectivity index (χ2v) is 5.48. The Morgan fingerprint density at radius 2 is 2.19 bits per heavy atom. The molecule has 2 amide bonds. The van der Waals surface area contributed by atoms with E-state index in [1.165, 1.54) is 0 Å². The number of nitrogens with zero attached hydrogens (tertiary/aromatic N) is 3. The molecule has 0 spiro atoms. The number of halogens is 1. The molecule has 5 nitrogen and oxygen atoms in total. The molecule has 0 aliphatic heterocycles. The third-order valence-corrected chi connectivity index (χ3v) is 3.58. The second kappa shape index (κ2) is 6.63. The summed E-state index contributed by atoms with van der Waals surface area (Å²) in [6.07, 6.45) is 3.64. The van der Waals surface area contributed by atoms with Crippen LogP contribution in [-0.4, -0.2) is 27.8 Å². The van der Waals surface area contributed by atoms with E-state index in [9.17, 15) is 4.79 Å². The quantitative estimate of drug-likeness (QED) is 0.944. The summed E-state index contributed by atoms with van der Waals surface area (Å²) in [5.74, 6) is 0. The molecule has 2 aromatic rings. The Morgan fingerprint density at radius 1 is 1.48 bits per heavy atom. The van der Waals surface area contributed by atoms with E-state index in [1.54, 1.807) is 22.8 Å². The number of amides is 2. The lowest BCUT2D eigenvalue weighted by Crippen LogP contribution is -2.38. The van der Waals surface area contributed by atoms with Gasteiger partial charge in [0.25, 0.3) is 0 Å². The molecule has 0 saturated carbocycles. The van der Waals surface area contributed by atoms with Gasteiger partial charge in [-0.25, -0.2) is 4.79 Å². The molecule has 21 heavy (non-hydrogen) atoms. The van der Waals surface area contributed by atoms with Crippen molar-refractivity contribution in [3.63, 3.8) is 0 Å². The third-order valence-electron chi connectivity index (χ3n) is 3.24. The summed E-state index contributed by atoms with van der Waals surface area (Å²) in [5, 5.41) is 7.68. The van der Waals surface area contributed by atoms with E-state index < -0.39 is 0 Å². The fourth-order valence-electron chi connectivity index (χ4n) is 2.10. The molecule has 0 aliphatic carbocycles. The number of aromatic nitrogens is 2. The number of carbonyl (C=O) groups is 1. The number of benzene rings is 1. The van der Waals surface area contributed by atoms with Crippen LogP contribution in [0.1, 0.15) is 24.1 Å². The van der Waals surface area contributed by atoms with Crippen molar-refractivity contribution in [2.75, 3.05) is 7.05 Å². The van der Waals surface area contributed by atoms with Gasteiger partial charge in [-0.1, -0.05) is 29.8 Å². The van der Waals surface area contributed by atoms with Crippen molar-refractivity contribution in [3.8, 4) is 0 Å². The van der Waals surface area contributed by atoms with Gasteiger partial charge in [0.1, 0.15) is 0 Å². The van der Waals surface area contributed by atoms with Gasteiger partial charge < -0.3 is 10.2 Å². The highest BCUT2D eigenvalue weighted by molar-refractivity contribution is 6.31. The number of nitrogens with one attached hydrogen (secondary N) is 1. The average Bonchev–Trinajstić information content (AvgIpc) is 2.84. The average molecular weight is 307 g/mol. The van der Waals surface area contributed by atoms with Gasteiger partial charge in [-0.15, -0.1) is 0 Å². The summed E-state index contributed by atoms with van der Waals surface area (Å²) in [4.78, 5) is 13.8. The van der Waals surface area contributed by atoms with Crippen molar-refractivity contribution >= 4 is 17.6 Å². The minimum atomic E-state index is -0.150. The molecule has 1 aromatic heterocycles. The molecule has 1 unspecified atom stereocenters. The van der Waals surface area contributed by atoms with Gasteiger partial charge in [0.05, 0.1) is 18.8 Å². The maximum Gasteiger partial charge on any atom is 0.317 e. The molecule has 0 radical (unpaired) electrons. The number of rotatable bonds is 4. The van der Waals surface area contributed by atoms with Crippen LogP contribution in [0.5, 0.6) is 0 Å². The van der Waals surface area contributed by atoms with Crippen molar-refractivity contribution in [2.45, 2.75) is 19.5 Å². The van der Waals surface area contributed by atoms with Crippen LogP contribution >= 0.6 is 11.6 Å². The normalized spacial score (nSPS) is 12.0. The Balaban J connectivity index is 1.96. The van der Waals surface area contributed by atoms with Gasteiger partial charge in [0.15, 0.2) is 0 Å². The lowest BCUT2D eigenvalue weighted by molar-refractivity contribution is 0.203. The molecular weight excluding hydrogens is 288 g/mol. The van der Waals surface area contributed by atoms with Crippen LogP contribution in [0.3, 0.4) is 0 Å². The van der Waals surface area contributed by atoms with Crippen molar-refractivity contribution in [2.24, 2.45) is 7.05 Å². The molecule has 2 rings (SSSR count). The molecule has 1 aromatic carbocycles.